The highest BCUT2D eigenvalue weighted by Gasteiger charge is 2.23. The third-order valence-corrected chi connectivity index (χ3v) is 5.45. The van der Waals surface area contributed by atoms with Crippen LogP contribution in [-0.4, -0.2) is 25.2 Å². The fourth-order valence-electron chi connectivity index (χ4n) is 3.15. The minimum absolute atomic E-state index is 0.00635. The Labute approximate surface area is 139 Å². The van der Waals surface area contributed by atoms with Gasteiger partial charge in [0, 0.05) is 10.3 Å². The molecule has 1 atom stereocenters. The number of carbonyl (C=O) groups excluding carboxylic acids is 1. The van der Waals surface area contributed by atoms with E-state index in [-0.39, 0.29) is 12.0 Å². The summed E-state index contributed by atoms with van der Waals surface area (Å²) in [5, 5.41) is 5.00. The number of ether oxygens (including phenoxy) is 2. The molecular formula is C18H19NO3S. The minimum atomic E-state index is -0.150. The fraction of sp³-hybridized carbons (Fsp3) is 0.389. The van der Waals surface area contributed by atoms with Gasteiger partial charge < -0.3 is 14.8 Å². The molecule has 0 radical (unpaired) electrons. The number of fused-ring (bicyclic) bond motifs is 2. The first-order valence-electron chi connectivity index (χ1n) is 8.07. The zero-order valence-electron chi connectivity index (χ0n) is 12.8. The van der Waals surface area contributed by atoms with Crippen molar-refractivity contribution in [1.29, 1.82) is 0 Å². The molecule has 1 aromatic carbocycles. The third-order valence-electron chi connectivity index (χ3n) is 4.36. The summed E-state index contributed by atoms with van der Waals surface area (Å²) in [5.41, 5.74) is 2.10. The van der Waals surface area contributed by atoms with Crippen LogP contribution in [0.1, 0.15) is 33.6 Å². The highest BCUT2D eigenvalue weighted by molar-refractivity contribution is 7.10. The second-order valence-corrected chi connectivity index (χ2v) is 6.93. The van der Waals surface area contributed by atoms with Crippen molar-refractivity contribution in [3.05, 3.63) is 45.6 Å². The number of benzene rings is 1. The molecule has 23 heavy (non-hydrogen) atoms. The number of hydrogen-bond donors (Lipinski definition) is 1. The van der Waals surface area contributed by atoms with E-state index < -0.39 is 0 Å². The average molecular weight is 329 g/mol. The molecule has 0 saturated heterocycles. The van der Waals surface area contributed by atoms with Gasteiger partial charge in [-0.2, -0.15) is 0 Å². The summed E-state index contributed by atoms with van der Waals surface area (Å²) < 4.78 is 11.6. The van der Waals surface area contributed by atoms with Crippen molar-refractivity contribution in [1.82, 2.24) is 5.32 Å². The Hall–Kier alpha value is -2.01. The second kappa shape index (κ2) is 6.24. The quantitative estimate of drug-likeness (QED) is 0.941. The normalized spacial score (nSPS) is 19.0. The summed E-state index contributed by atoms with van der Waals surface area (Å²) in [6.45, 7) is 0.914. The van der Waals surface area contributed by atoms with Gasteiger partial charge in [-0.15, -0.1) is 11.3 Å². The fourth-order valence-corrected chi connectivity index (χ4v) is 4.28. The molecule has 0 spiro atoms. The summed E-state index contributed by atoms with van der Waals surface area (Å²) in [4.78, 5) is 13.8. The Kier molecular flexibility index (Phi) is 3.95. The number of hydrogen-bond acceptors (Lipinski definition) is 4. The van der Waals surface area contributed by atoms with Crippen molar-refractivity contribution in [2.24, 2.45) is 0 Å². The molecule has 1 N–H and O–H groups in total. The van der Waals surface area contributed by atoms with Gasteiger partial charge in [-0.1, -0.05) is 12.1 Å². The molecule has 1 unspecified atom stereocenters. The van der Waals surface area contributed by atoms with Crippen LogP contribution in [0.15, 0.2) is 29.6 Å². The molecule has 1 aliphatic heterocycles. The molecule has 0 saturated carbocycles. The van der Waals surface area contributed by atoms with Gasteiger partial charge in [0.15, 0.2) is 11.5 Å². The van der Waals surface area contributed by atoms with E-state index >= 15 is 0 Å². The molecule has 0 bridgehead atoms. The number of rotatable bonds is 3. The Bertz CT molecular complexity index is 725. The van der Waals surface area contributed by atoms with Crippen LogP contribution >= 0.6 is 11.3 Å². The molecule has 4 rings (SSSR count). The monoisotopic (exact) mass is 329 g/mol. The van der Waals surface area contributed by atoms with Gasteiger partial charge in [-0.25, -0.2) is 0 Å². The Morgan fingerprint density at radius 3 is 2.96 bits per heavy atom. The van der Waals surface area contributed by atoms with Gasteiger partial charge in [-0.05, 0) is 43.4 Å². The molecule has 1 aromatic heterocycles. The zero-order chi connectivity index (χ0) is 15.6. The Balaban J connectivity index is 1.38. The highest BCUT2D eigenvalue weighted by atomic mass is 32.1. The molecule has 5 heteroatoms. The van der Waals surface area contributed by atoms with Gasteiger partial charge in [0.1, 0.15) is 12.7 Å². The van der Waals surface area contributed by atoms with Gasteiger partial charge in [0.05, 0.1) is 12.1 Å². The van der Waals surface area contributed by atoms with E-state index in [1.807, 2.05) is 29.6 Å². The van der Waals surface area contributed by atoms with Crippen LogP contribution in [0.3, 0.4) is 0 Å². The van der Waals surface area contributed by atoms with Crippen LogP contribution < -0.4 is 14.8 Å². The lowest BCUT2D eigenvalue weighted by Gasteiger charge is -2.26. The Morgan fingerprint density at radius 2 is 2.04 bits per heavy atom. The van der Waals surface area contributed by atoms with Gasteiger partial charge >= 0.3 is 0 Å². The lowest BCUT2D eigenvalue weighted by atomic mass is 9.95. The summed E-state index contributed by atoms with van der Waals surface area (Å²) in [6, 6.07) is 7.62. The van der Waals surface area contributed by atoms with Crippen molar-refractivity contribution in [3.63, 3.8) is 0 Å². The van der Waals surface area contributed by atoms with Crippen LogP contribution in [0.5, 0.6) is 11.5 Å². The number of thiophene rings is 1. The first-order chi connectivity index (χ1) is 11.3. The van der Waals surface area contributed by atoms with Gasteiger partial charge in [0.2, 0.25) is 0 Å². The molecule has 2 aliphatic rings. The van der Waals surface area contributed by atoms with E-state index in [2.05, 4.69) is 5.32 Å². The zero-order valence-corrected chi connectivity index (χ0v) is 13.7. The van der Waals surface area contributed by atoms with Crippen LogP contribution in [0.4, 0.5) is 0 Å². The predicted molar refractivity (Wildman–Crippen MR) is 89.6 cm³/mol. The third kappa shape index (κ3) is 2.93. The van der Waals surface area contributed by atoms with E-state index in [1.165, 1.54) is 23.3 Å². The van der Waals surface area contributed by atoms with E-state index in [0.29, 0.717) is 13.2 Å². The number of amides is 1. The lowest BCUT2D eigenvalue weighted by Crippen LogP contribution is -2.40. The van der Waals surface area contributed by atoms with Crippen molar-refractivity contribution >= 4 is 17.2 Å². The van der Waals surface area contributed by atoms with Crippen molar-refractivity contribution < 1.29 is 14.3 Å². The Morgan fingerprint density at radius 1 is 1.22 bits per heavy atom. The maximum atomic E-state index is 12.5. The van der Waals surface area contributed by atoms with Crippen LogP contribution in [-0.2, 0) is 12.8 Å². The smallest absolute Gasteiger partial charge is 0.252 e. The molecule has 0 fully saturated rings. The summed E-state index contributed by atoms with van der Waals surface area (Å²) in [6.07, 6.45) is 4.41. The first kappa shape index (κ1) is 14.6. The molecule has 2 aromatic rings. The second-order valence-electron chi connectivity index (χ2n) is 5.97. The van der Waals surface area contributed by atoms with E-state index in [9.17, 15) is 4.79 Å². The largest absolute Gasteiger partial charge is 0.486 e. The average Bonchev–Trinajstić information content (AvgIpc) is 3.03. The number of aryl methyl sites for hydroxylation is 1. The van der Waals surface area contributed by atoms with Crippen molar-refractivity contribution in [2.45, 2.75) is 31.8 Å². The molecule has 4 nitrogen and oxygen atoms in total. The molecule has 120 valence electrons. The summed E-state index contributed by atoms with van der Waals surface area (Å²) >= 11 is 1.72. The lowest BCUT2D eigenvalue weighted by molar-refractivity contribution is 0.0789. The maximum Gasteiger partial charge on any atom is 0.252 e. The number of para-hydroxylation sites is 2. The van der Waals surface area contributed by atoms with Crippen LogP contribution in [0.2, 0.25) is 0 Å². The van der Waals surface area contributed by atoms with E-state index in [4.69, 9.17) is 9.47 Å². The van der Waals surface area contributed by atoms with E-state index in [0.717, 1.165) is 29.9 Å². The van der Waals surface area contributed by atoms with E-state index in [1.54, 1.807) is 11.3 Å². The molecule has 2 heterocycles. The predicted octanol–water partition coefficient (Wildman–Crippen LogP) is 3.20. The number of carbonyl (C=O) groups is 1. The maximum absolute atomic E-state index is 12.5. The highest BCUT2D eigenvalue weighted by Crippen LogP contribution is 2.31. The SMILES string of the molecule is O=C(NCC1COc2ccccc2O1)c1csc2c1CCCC2. The topological polar surface area (TPSA) is 47.6 Å². The van der Waals surface area contributed by atoms with Crippen LogP contribution in [0, 0.1) is 0 Å². The standard InChI is InChI=1S/C18H19NO3S/c20-18(14-11-23-17-8-4-1-5-13(14)17)19-9-12-10-21-15-6-2-3-7-16(15)22-12/h2-3,6-7,11-12H,1,4-5,8-10H2,(H,19,20). The molecule has 1 amide bonds. The summed E-state index contributed by atoms with van der Waals surface area (Å²) in [7, 11) is 0. The minimum Gasteiger partial charge on any atom is -0.486 e. The van der Waals surface area contributed by atoms with Crippen LogP contribution in [0.25, 0.3) is 0 Å². The van der Waals surface area contributed by atoms with Gasteiger partial charge in [0.25, 0.3) is 5.91 Å². The number of nitrogens with one attached hydrogen (secondary N) is 1. The molecule has 1 aliphatic carbocycles. The first-order valence-corrected chi connectivity index (χ1v) is 8.95. The van der Waals surface area contributed by atoms with Crippen molar-refractivity contribution in [2.75, 3.05) is 13.2 Å². The molecular weight excluding hydrogens is 310 g/mol. The summed E-state index contributed by atoms with van der Waals surface area (Å²) in [5.74, 6) is 1.51. The van der Waals surface area contributed by atoms with Crippen molar-refractivity contribution in [3.8, 4) is 11.5 Å². The van der Waals surface area contributed by atoms with Gasteiger partial charge in [-0.3, -0.25) is 4.79 Å².